The number of hydrogen-bond acceptors (Lipinski definition) is 5. The Morgan fingerprint density at radius 2 is 1.86 bits per heavy atom. The largest absolute Gasteiger partial charge is 0.370 e. The molecule has 0 aliphatic rings. The van der Waals surface area contributed by atoms with E-state index in [-0.39, 0.29) is 0 Å². The Hall–Kier alpha value is -2.17. The lowest BCUT2D eigenvalue weighted by atomic mass is 10.2. The third-order valence-corrected chi connectivity index (χ3v) is 3.14. The van der Waals surface area contributed by atoms with Crippen molar-refractivity contribution in [3.63, 3.8) is 0 Å². The van der Waals surface area contributed by atoms with Crippen molar-refractivity contribution >= 4 is 11.8 Å². The van der Waals surface area contributed by atoms with E-state index in [4.69, 9.17) is 0 Å². The summed E-state index contributed by atoms with van der Waals surface area (Å²) in [4.78, 5) is 12.9. The summed E-state index contributed by atoms with van der Waals surface area (Å²) in [6, 6.07) is 5.93. The quantitative estimate of drug-likeness (QED) is 0.728. The third-order valence-electron chi connectivity index (χ3n) is 3.14. The number of nitrogens with zero attached hydrogens (tertiary/aromatic N) is 3. The number of unbranched alkanes of at least 4 members (excludes halogenated alkanes) is 2. The van der Waals surface area contributed by atoms with Crippen LogP contribution in [0, 0.1) is 6.92 Å². The summed E-state index contributed by atoms with van der Waals surface area (Å²) in [5.74, 6) is 1.54. The van der Waals surface area contributed by atoms with E-state index in [1.165, 1.54) is 19.3 Å². The Balaban J connectivity index is 1.91. The maximum absolute atomic E-state index is 4.50. The zero-order valence-corrected chi connectivity index (χ0v) is 12.8. The van der Waals surface area contributed by atoms with Gasteiger partial charge in [0.25, 0.3) is 0 Å². The van der Waals surface area contributed by atoms with Crippen LogP contribution in [0.1, 0.15) is 37.4 Å². The number of hydrogen-bond donors (Lipinski definition) is 2. The minimum Gasteiger partial charge on any atom is -0.370 e. The van der Waals surface area contributed by atoms with Gasteiger partial charge in [0.1, 0.15) is 5.82 Å². The van der Waals surface area contributed by atoms with Crippen molar-refractivity contribution < 1.29 is 0 Å². The minimum atomic E-state index is 0.657. The summed E-state index contributed by atoms with van der Waals surface area (Å²) in [6.07, 6.45) is 7.20. The molecule has 0 bridgehead atoms. The number of aryl methyl sites for hydroxylation is 1. The van der Waals surface area contributed by atoms with E-state index in [2.05, 4.69) is 32.5 Å². The summed E-state index contributed by atoms with van der Waals surface area (Å²) in [6.45, 7) is 5.84. The maximum Gasteiger partial charge on any atom is 0.225 e. The maximum atomic E-state index is 4.50. The molecular weight excluding hydrogens is 262 g/mol. The average Bonchev–Trinajstić information content (AvgIpc) is 2.50. The molecule has 0 aliphatic carbocycles. The highest BCUT2D eigenvalue weighted by Crippen LogP contribution is 2.11. The van der Waals surface area contributed by atoms with Gasteiger partial charge in [-0.1, -0.05) is 19.8 Å². The smallest absolute Gasteiger partial charge is 0.225 e. The van der Waals surface area contributed by atoms with Gasteiger partial charge in [-0.25, -0.2) is 4.98 Å². The molecular formula is C16H23N5. The molecule has 5 nitrogen and oxygen atoms in total. The zero-order valence-electron chi connectivity index (χ0n) is 12.8. The molecule has 2 aromatic heterocycles. The molecule has 0 aromatic carbocycles. The molecule has 112 valence electrons. The molecule has 5 heteroatoms. The van der Waals surface area contributed by atoms with Crippen molar-refractivity contribution in [3.8, 4) is 0 Å². The predicted molar refractivity (Wildman–Crippen MR) is 86.3 cm³/mol. The third kappa shape index (κ3) is 5.38. The van der Waals surface area contributed by atoms with Crippen LogP contribution in [-0.2, 0) is 6.54 Å². The topological polar surface area (TPSA) is 62.7 Å². The Labute approximate surface area is 126 Å². The molecule has 2 rings (SSSR count). The van der Waals surface area contributed by atoms with Gasteiger partial charge in [-0.2, -0.15) is 4.98 Å². The molecule has 0 atom stereocenters. The normalized spacial score (nSPS) is 10.4. The molecule has 2 heterocycles. The van der Waals surface area contributed by atoms with Gasteiger partial charge in [-0.05, 0) is 31.0 Å². The van der Waals surface area contributed by atoms with Crippen molar-refractivity contribution in [1.82, 2.24) is 15.0 Å². The van der Waals surface area contributed by atoms with E-state index in [0.717, 1.165) is 23.6 Å². The highest BCUT2D eigenvalue weighted by molar-refractivity contribution is 5.42. The van der Waals surface area contributed by atoms with Crippen LogP contribution in [0.5, 0.6) is 0 Å². The van der Waals surface area contributed by atoms with Crippen LogP contribution in [0.4, 0.5) is 11.8 Å². The molecule has 0 unspecified atom stereocenters. The first-order valence-electron chi connectivity index (χ1n) is 7.50. The van der Waals surface area contributed by atoms with Crippen LogP contribution in [0.2, 0.25) is 0 Å². The Bertz CT molecular complexity index is 542. The van der Waals surface area contributed by atoms with E-state index >= 15 is 0 Å². The number of nitrogens with one attached hydrogen (secondary N) is 2. The van der Waals surface area contributed by atoms with Crippen LogP contribution in [0.25, 0.3) is 0 Å². The first kappa shape index (κ1) is 15.2. The summed E-state index contributed by atoms with van der Waals surface area (Å²) in [7, 11) is 0. The van der Waals surface area contributed by atoms with Gasteiger partial charge < -0.3 is 10.6 Å². The van der Waals surface area contributed by atoms with Crippen molar-refractivity contribution in [2.75, 3.05) is 17.2 Å². The van der Waals surface area contributed by atoms with E-state index in [9.17, 15) is 0 Å². The predicted octanol–water partition coefficient (Wildman–Crippen LogP) is 3.39. The Morgan fingerprint density at radius 3 is 2.62 bits per heavy atom. The lowest BCUT2D eigenvalue weighted by Gasteiger charge is -2.09. The summed E-state index contributed by atoms with van der Waals surface area (Å²) < 4.78 is 0. The highest BCUT2D eigenvalue weighted by Gasteiger charge is 2.02. The number of pyridine rings is 1. The van der Waals surface area contributed by atoms with Crippen LogP contribution in [-0.4, -0.2) is 21.5 Å². The van der Waals surface area contributed by atoms with Gasteiger partial charge in [0.2, 0.25) is 5.95 Å². The fraction of sp³-hybridized carbons (Fsp3) is 0.438. The zero-order chi connectivity index (χ0) is 14.9. The molecule has 21 heavy (non-hydrogen) atoms. The summed E-state index contributed by atoms with van der Waals surface area (Å²) in [5, 5.41) is 6.61. The van der Waals surface area contributed by atoms with Gasteiger partial charge in [0.15, 0.2) is 0 Å². The molecule has 0 saturated carbocycles. The van der Waals surface area contributed by atoms with E-state index in [1.807, 2.05) is 25.1 Å². The first-order chi connectivity index (χ1) is 10.3. The second kappa shape index (κ2) is 8.19. The SMILES string of the molecule is CCCCCNc1cc(C)nc(NCc2ccncc2)n1. The van der Waals surface area contributed by atoms with E-state index in [1.54, 1.807) is 12.4 Å². The average molecular weight is 285 g/mol. The van der Waals surface area contributed by atoms with Gasteiger partial charge in [-0.15, -0.1) is 0 Å². The van der Waals surface area contributed by atoms with Gasteiger partial charge in [0, 0.05) is 37.2 Å². The van der Waals surface area contributed by atoms with E-state index < -0.39 is 0 Å². The van der Waals surface area contributed by atoms with Gasteiger partial charge >= 0.3 is 0 Å². The fourth-order valence-corrected chi connectivity index (χ4v) is 2.01. The summed E-state index contributed by atoms with van der Waals surface area (Å²) in [5.41, 5.74) is 2.12. The summed E-state index contributed by atoms with van der Waals surface area (Å²) >= 11 is 0. The number of aromatic nitrogens is 3. The monoisotopic (exact) mass is 285 g/mol. The highest BCUT2D eigenvalue weighted by atomic mass is 15.1. The minimum absolute atomic E-state index is 0.657. The molecule has 0 fully saturated rings. The van der Waals surface area contributed by atoms with Crippen LogP contribution in [0.15, 0.2) is 30.6 Å². The molecule has 2 N–H and O–H groups in total. The number of rotatable bonds is 8. The van der Waals surface area contributed by atoms with Crippen LogP contribution >= 0.6 is 0 Å². The molecule has 0 saturated heterocycles. The second-order valence-corrected chi connectivity index (χ2v) is 5.06. The molecule has 0 spiro atoms. The Kier molecular flexibility index (Phi) is 5.94. The van der Waals surface area contributed by atoms with Crippen molar-refractivity contribution in [2.45, 2.75) is 39.7 Å². The lowest BCUT2D eigenvalue weighted by molar-refractivity contribution is 0.742. The van der Waals surface area contributed by atoms with Crippen LogP contribution < -0.4 is 10.6 Å². The fourth-order valence-electron chi connectivity index (χ4n) is 2.01. The molecule has 0 radical (unpaired) electrons. The van der Waals surface area contributed by atoms with E-state index in [0.29, 0.717) is 12.5 Å². The van der Waals surface area contributed by atoms with Gasteiger partial charge in [0.05, 0.1) is 0 Å². The lowest BCUT2D eigenvalue weighted by Crippen LogP contribution is -2.08. The van der Waals surface area contributed by atoms with Gasteiger partial charge in [-0.3, -0.25) is 4.98 Å². The van der Waals surface area contributed by atoms with Crippen molar-refractivity contribution in [2.24, 2.45) is 0 Å². The molecule has 0 amide bonds. The molecule has 0 aliphatic heterocycles. The standard InChI is InChI=1S/C16H23N5/c1-3-4-5-8-18-15-11-13(2)20-16(21-15)19-12-14-6-9-17-10-7-14/h6-7,9-11H,3-5,8,12H2,1-2H3,(H2,18,19,20,21). The van der Waals surface area contributed by atoms with Crippen LogP contribution in [0.3, 0.4) is 0 Å². The number of anilines is 2. The first-order valence-corrected chi connectivity index (χ1v) is 7.50. The Morgan fingerprint density at radius 1 is 1.05 bits per heavy atom. The van der Waals surface area contributed by atoms with Crippen molar-refractivity contribution in [3.05, 3.63) is 41.9 Å². The second-order valence-electron chi connectivity index (χ2n) is 5.06. The molecule has 2 aromatic rings. The van der Waals surface area contributed by atoms with Crippen molar-refractivity contribution in [1.29, 1.82) is 0 Å².